The third-order valence-corrected chi connectivity index (χ3v) is 4.01. The molecular weight excluding hydrogens is 244 g/mol. The number of anilines is 2. The zero-order chi connectivity index (χ0) is 14.4. The number of hydrogen-bond donors (Lipinski definition) is 1. The summed E-state index contributed by atoms with van der Waals surface area (Å²) in [5, 5.41) is 0. The predicted molar refractivity (Wildman–Crippen MR) is 73.2 cm³/mol. The monoisotopic (exact) mass is 262 g/mol. The minimum absolute atomic E-state index is 0.0271. The number of benzene rings is 1. The zero-order valence-electron chi connectivity index (χ0n) is 11.6. The normalized spacial score (nSPS) is 21.5. The Hall–Kier alpha value is -2.04. The van der Waals surface area contributed by atoms with E-state index in [2.05, 4.69) is 0 Å². The van der Waals surface area contributed by atoms with Crippen molar-refractivity contribution in [1.29, 1.82) is 0 Å². The molecule has 1 aromatic carbocycles. The fourth-order valence-electron chi connectivity index (χ4n) is 2.65. The van der Waals surface area contributed by atoms with Gasteiger partial charge in [0.15, 0.2) is 0 Å². The molecular formula is C14H18N2O3. The van der Waals surface area contributed by atoms with Gasteiger partial charge in [0, 0.05) is 12.7 Å². The van der Waals surface area contributed by atoms with Crippen LogP contribution in [0.15, 0.2) is 12.1 Å². The highest BCUT2D eigenvalue weighted by Crippen LogP contribution is 2.46. The molecule has 0 bridgehead atoms. The number of methoxy groups -OCH3 is 1. The molecule has 1 heterocycles. The molecule has 102 valence electrons. The molecule has 0 saturated carbocycles. The number of nitrogens with two attached hydrogens (primary N) is 1. The average molecular weight is 262 g/mol. The molecule has 1 atom stereocenters. The molecule has 0 radical (unpaired) electrons. The Morgan fingerprint density at radius 3 is 2.63 bits per heavy atom. The lowest BCUT2D eigenvalue weighted by atomic mass is 9.80. The first-order valence-electron chi connectivity index (χ1n) is 6.18. The standard InChI is InChI=1S/C14H18N2O3/c1-5-14(2)8-6-7-9(15)10(12(17)19-4)11(8)16(3)13(14)18/h6-7H,5,15H2,1-4H3. The van der Waals surface area contributed by atoms with E-state index in [0.717, 1.165) is 5.56 Å². The number of nitrogens with zero attached hydrogens (tertiary/aromatic N) is 1. The Labute approximate surface area is 112 Å². The van der Waals surface area contributed by atoms with Crippen molar-refractivity contribution in [2.24, 2.45) is 0 Å². The van der Waals surface area contributed by atoms with Crippen LogP contribution in [0, 0.1) is 0 Å². The van der Waals surface area contributed by atoms with Gasteiger partial charge in [0.2, 0.25) is 5.91 Å². The number of rotatable bonds is 2. The van der Waals surface area contributed by atoms with Crippen LogP contribution >= 0.6 is 0 Å². The van der Waals surface area contributed by atoms with Crippen LogP contribution in [0.2, 0.25) is 0 Å². The van der Waals surface area contributed by atoms with E-state index in [4.69, 9.17) is 10.5 Å². The van der Waals surface area contributed by atoms with Crippen LogP contribution in [-0.2, 0) is 14.9 Å². The summed E-state index contributed by atoms with van der Waals surface area (Å²) in [6.07, 6.45) is 0.660. The first-order chi connectivity index (χ1) is 8.88. The van der Waals surface area contributed by atoms with Gasteiger partial charge in [0.05, 0.1) is 18.2 Å². The molecule has 1 aliphatic rings. The van der Waals surface area contributed by atoms with Crippen molar-refractivity contribution in [1.82, 2.24) is 0 Å². The Kier molecular flexibility index (Phi) is 3.00. The molecule has 1 aromatic rings. The van der Waals surface area contributed by atoms with Crippen LogP contribution < -0.4 is 10.6 Å². The predicted octanol–water partition coefficient (Wildman–Crippen LogP) is 1.70. The average Bonchev–Trinajstić information content (AvgIpc) is 2.60. The van der Waals surface area contributed by atoms with Crippen LogP contribution in [0.25, 0.3) is 0 Å². The van der Waals surface area contributed by atoms with Gasteiger partial charge in [-0.3, -0.25) is 4.79 Å². The maximum atomic E-state index is 12.4. The molecule has 19 heavy (non-hydrogen) atoms. The van der Waals surface area contributed by atoms with Gasteiger partial charge in [-0.1, -0.05) is 13.0 Å². The number of hydrogen-bond acceptors (Lipinski definition) is 4. The van der Waals surface area contributed by atoms with Crippen molar-refractivity contribution < 1.29 is 14.3 Å². The van der Waals surface area contributed by atoms with Gasteiger partial charge in [-0.05, 0) is 25.0 Å². The number of amides is 1. The molecule has 1 aliphatic heterocycles. The largest absolute Gasteiger partial charge is 0.465 e. The molecule has 0 aliphatic carbocycles. The van der Waals surface area contributed by atoms with Crippen molar-refractivity contribution in [3.8, 4) is 0 Å². The highest BCUT2D eigenvalue weighted by atomic mass is 16.5. The summed E-state index contributed by atoms with van der Waals surface area (Å²) >= 11 is 0. The Bertz CT molecular complexity index is 568. The van der Waals surface area contributed by atoms with Crippen LogP contribution in [0.3, 0.4) is 0 Å². The van der Waals surface area contributed by atoms with Gasteiger partial charge in [0.1, 0.15) is 5.56 Å². The number of ether oxygens (including phenoxy) is 1. The molecule has 1 amide bonds. The van der Waals surface area contributed by atoms with E-state index in [1.54, 1.807) is 13.1 Å². The second-order valence-corrected chi connectivity index (χ2v) is 4.97. The Balaban J connectivity index is 2.78. The first kappa shape index (κ1) is 13.4. The van der Waals surface area contributed by atoms with E-state index in [0.29, 0.717) is 17.8 Å². The summed E-state index contributed by atoms with van der Waals surface area (Å²) in [4.78, 5) is 25.8. The lowest BCUT2D eigenvalue weighted by Gasteiger charge is -2.20. The molecule has 2 N–H and O–H groups in total. The fraction of sp³-hybridized carbons (Fsp3) is 0.429. The number of carbonyl (C=O) groups is 2. The second kappa shape index (κ2) is 4.26. The molecule has 0 spiro atoms. The van der Waals surface area contributed by atoms with Crippen molar-refractivity contribution in [3.05, 3.63) is 23.3 Å². The molecule has 5 nitrogen and oxygen atoms in total. The molecule has 0 fully saturated rings. The van der Waals surface area contributed by atoms with E-state index in [9.17, 15) is 9.59 Å². The maximum absolute atomic E-state index is 12.4. The van der Waals surface area contributed by atoms with E-state index in [1.807, 2.05) is 19.9 Å². The lowest BCUT2D eigenvalue weighted by molar-refractivity contribution is -0.122. The van der Waals surface area contributed by atoms with E-state index < -0.39 is 11.4 Å². The summed E-state index contributed by atoms with van der Waals surface area (Å²) in [6, 6.07) is 3.48. The van der Waals surface area contributed by atoms with Crippen molar-refractivity contribution in [3.63, 3.8) is 0 Å². The maximum Gasteiger partial charge on any atom is 0.342 e. The van der Waals surface area contributed by atoms with Crippen LogP contribution in [0.5, 0.6) is 0 Å². The molecule has 2 rings (SSSR count). The van der Waals surface area contributed by atoms with Gasteiger partial charge in [0.25, 0.3) is 0 Å². The molecule has 1 unspecified atom stereocenters. The number of fused-ring (bicyclic) bond motifs is 1. The number of nitrogen functional groups attached to an aromatic ring is 1. The molecule has 5 heteroatoms. The Morgan fingerprint density at radius 1 is 1.47 bits per heavy atom. The van der Waals surface area contributed by atoms with E-state index in [1.165, 1.54) is 12.0 Å². The van der Waals surface area contributed by atoms with Crippen molar-refractivity contribution in [2.75, 3.05) is 24.8 Å². The topological polar surface area (TPSA) is 72.6 Å². The van der Waals surface area contributed by atoms with Gasteiger partial charge >= 0.3 is 5.97 Å². The third-order valence-electron chi connectivity index (χ3n) is 4.01. The lowest BCUT2D eigenvalue weighted by Crippen LogP contribution is -2.35. The highest BCUT2D eigenvalue weighted by molar-refractivity contribution is 6.14. The summed E-state index contributed by atoms with van der Waals surface area (Å²) in [7, 11) is 2.96. The van der Waals surface area contributed by atoms with Gasteiger partial charge in [-0.2, -0.15) is 0 Å². The van der Waals surface area contributed by atoms with Crippen LogP contribution in [-0.4, -0.2) is 26.0 Å². The summed E-state index contributed by atoms with van der Waals surface area (Å²) in [5.41, 5.74) is 7.26. The number of esters is 1. The fourth-order valence-corrected chi connectivity index (χ4v) is 2.65. The SMILES string of the molecule is CCC1(C)C(=O)N(C)c2c1ccc(N)c2C(=O)OC. The summed E-state index contributed by atoms with van der Waals surface area (Å²) in [6.45, 7) is 3.84. The minimum atomic E-state index is -0.611. The smallest absolute Gasteiger partial charge is 0.342 e. The second-order valence-electron chi connectivity index (χ2n) is 4.97. The quantitative estimate of drug-likeness (QED) is 0.650. The minimum Gasteiger partial charge on any atom is -0.465 e. The zero-order valence-corrected chi connectivity index (χ0v) is 11.6. The Morgan fingerprint density at radius 2 is 2.11 bits per heavy atom. The number of likely N-dealkylation sites (N-methyl/N-ethyl adjacent to an activating group) is 1. The summed E-state index contributed by atoms with van der Waals surface area (Å²) in [5.74, 6) is -0.546. The molecule has 0 saturated heterocycles. The van der Waals surface area contributed by atoms with Gasteiger partial charge in [-0.25, -0.2) is 4.79 Å². The highest BCUT2D eigenvalue weighted by Gasteiger charge is 2.46. The van der Waals surface area contributed by atoms with Crippen molar-refractivity contribution in [2.45, 2.75) is 25.7 Å². The van der Waals surface area contributed by atoms with Gasteiger partial charge in [-0.15, -0.1) is 0 Å². The van der Waals surface area contributed by atoms with Gasteiger partial charge < -0.3 is 15.4 Å². The third kappa shape index (κ3) is 1.61. The van der Waals surface area contributed by atoms with Crippen LogP contribution in [0.4, 0.5) is 11.4 Å². The number of carbonyl (C=O) groups excluding carboxylic acids is 2. The van der Waals surface area contributed by atoms with Crippen molar-refractivity contribution >= 4 is 23.3 Å². The van der Waals surface area contributed by atoms with E-state index in [-0.39, 0.29) is 11.5 Å². The molecule has 0 aromatic heterocycles. The first-order valence-corrected chi connectivity index (χ1v) is 6.18. The van der Waals surface area contributed by atoms with Crippen LogP contribution in [0.1, 0.15) is 36.2 Å². The summed E-state index contributed by atoms with van der Waals surface area (Å²) < 4.78 is 4.77. The van der Waals surface area contributed by atoms with E-state index >= 15 is 0 Å².